The zero-order valence-corrected chi connectivity index (χ0v) is 13.4. The van der Waals surface area contributed by atoms with Gasteiger partial charge in [0, 0.05) is 43.4 Å². The number of amides is 1. The van der Waals surface area contributed by atoms with Crippen molar-refractivity contribution in [3.05, 3.63) is 53.9 Å². The average molecular weight is 310 g/mol. The Balaban J connectivity index is 1.77. The Kier molecular flexibility index (Phi) is 4.72. The Morgan fingerprint density at radius 1 is 1.30 bits per heavy atom. The molecule has 1 atom stereocenters. The molecule has 120 valence electrons. The maximum atomic E-state index is 11.6. The number of pyridine rings is 1. The lowest BCUT2D eigenvalue weighted by molar-refractivity contribution is -0.130. The molecule has 0 saturated carbocycles. The second-order valence-electron chi connectivity index (χ2n) is 6.13. The second kappa shape index (κ2) is 6.92. The zero-order chi connectivity index (χ0) is 16.2. The number of hydrogen-bond donors (Lipinski definition) is 1. The summed E-state index contributed by atoms with van der Waals surface area (Å²) in [6.07, 6.45) is 4.00. The van der Waals surface area contributed by atoms with Crippen LogP contribution in [-0.2, 0) is 11.4 Å². The molecule has 1 fully saturated rings. The molecule has 1 aromatic carbocycles. The number of piperidine rings is 1. The van der Waals surface area contributed by atoms with E-state index in [-0.39, 0.29) is 12.5 Å². The topological polar surface area (TPSA) is 53.4 Å². The van der Waals surface area contributed by atoms with Gasteiger partial charge in [-0.05, 0) is 36.1 Å². The smallest absolute Gasteiger partial charge is 0.219 e. The lowest BCUT2D eigenvalue weighted by Gasteiger charge is -2.31. The van der Waals surface area contributed by atoms with Crippen LogP contribution in [0.5, 0.6) is 0 Å². The van der Waals surface area contributed by atoms with Crippen molar-refractivity contribution in [2.75, 3.05) is 13.1 Å². The number of hydrogen-bond acceptors (Lipinski definition) is 3. The molecule has 4 nitrogen and oxygen atoms in total. The molecule has 1 saturated heterocycles. The number of aromatic nitrogens is 1. The van der Waals surface area contributed by atoms with E-state index in [2.05, 4.69) is 17.1 Å². The molecule has 3 rings (SSSR count). The summed E-state index contributed by atoms with van der Waals surface area (Å²) < 4.78 is 0. The summed E-state index contributed by atoms with van der Waals surface area (Å²) in [6.45, 7) is 3.30. The van der Waals surface area contributed by atoms with Crippen molar-refractivity contribution >= 4 is 5.91 Å². The summed E-state index contributed by atoms with van der Waals surface area (Å²) in [5.41, 5.74) is 4.06. The van der Waals surface area contributed by atoms with Crippen LogP contribution in [0.3, 0.4) is 0 Å². The quantitative estimate of drug-likeness (QED) is 0.948. The van der Waals surface area contributed by atoms with Crippen molar-refractivity contribution < 1.29 is 9.90 Å². The summed E-state index contributed by atoms with van der Waals surface area (Å²) in [6, 6.07) is 12.0. The predicted molar refractivity (Wildman–Crippen MR) is 89.8 cm³/mol. The fraction of sp³-hybridized carbons (Fsp3) is 0.368. The molecule has 1 aliphatic heterocycles. The van der Waals surface area contributed by atoms with Gasteiger partial charge in [0.25, 0.3) is 0 Å². The Morgan fingerprint density at radius 2 is 2.17 bits per heavy atom. The van der Waals surface area contributed by atoms with E-state index in [1.807, 2.05) is 35.4 Å². The molecular formula is C19H22N2O2. The highest BCUT2D eigenvalue weighted by molar-refractivity contribution is 5.73. The number of likely N-dealkylation sites (tertiary alicyclic amines) is 1. The SMILES string of the molecule is CC(=O)N1CCCC(c2ccc(-c3cccc(CO)c3)cn2)C1. The highest BCUT2D eigenvalue weighted by Gasteiger charge is 2.23. The first-order valence-electron chi connectivity index (χ1n) is 8.09. The highest BCUT2D eigenvalue weighted by atomic mass is 16.3. The summed E-state index contributed by atoms with van der Waals surface area (Å²) in [5.74, 6) is 0.470. The van der Waals surface area contributed by atoms with Gasteiger partial charge in [0.1, 0.15) is 0 Å². The molecule has 1 aliphatic rings. The second-order valence-corrected chi connectivity index (χ2v) is 6.13. The first kappa shape index (κ1) is 15.7. The van der Waals surface area contributed by atoms with E-state index in [4.69, 9.17) is 0 Å². The monoisotopic (exact) mass is 310 g/mol. The molecule has 0 radical (unpaired) electrons. The minimum absolute atomic E-state index is 0.0440. The van der Waals surface area contributed by atoms with Gasteiger partial charge in [-0.25, -0.2) is 0 Å². The molecule has 2 aromatic rings. The predicted octanol–water partition coefficient (Wildman–Crippen LogP) is 2.97. The summed E-state index contributed by atoms with van der Waals surface area (Å²) >= 11 is 0. The van der Waals surface area contributed by atoms with Crippen molar-refractivity contribution in [3.63, 3.8) is 0 Å². The summed E-state index contributed by atoms with van der Waals surface area (Å²) in [4.78, 5) is 18.1. The first-order valence-corrected chi connectivity index (χ1v) is 8.09. The Hall–Kier alpha value is -2.20. The minimum Gasteiger partial charge on any atom is -0.392 e. The maximum absolute atomic E-state index is 11.6. The third-order valence-electron chi connectivity index (χ3n) is 4.51. The third kappa shape index (κ3) is 3.59. The fourth-order valence-corrected chi connectivity index (χ4v) is 3.17. The van der Waals surface area contributed by atoms with Gasteiger partial charge in [-0.15, -0.1) is 0 Å². The minimum atomic E-state index is 0.0440. The first-order chi connectivity index (χ1) is 11.2. The van der Waals surface area contributed by atoms with Crippen molar-refractivity contribution in [2.45, 2.75) is 32.3 Å². The van der Waals surface area contributed by atoms with Gasteiger partial charge in [-0.1, -0.05) is 24.3 Å². The van der Waals surface area contributed by atoms with Crippen molar-refractivity contribution in [3.8, 4) is 11.1 Å². The molecule has 1 amide bonds. The third-order valence-corrected chi connectivity index (χ3v) is 4.51. The van der Waals surface area contributed by atoms with Crippen molar-refractivity contribution in [1.82, 2.24) is 9.88 Å². The van der Waals surface area contributed by atoms with Gasteiger partial charge in [0.15, 0.2) is 0 Å². The number of nitrogens with zero attached hydrogens (tertiary/aromatic N) is 2. The van der Waals surface area contributed by atoms with Gasteiger partial charge in [-0.3, -0.25) is 9.78 Å². The van der Waals surface area contributed by atoms with E-state index < -0.39 is 0 Å². The van der Waals surface area contributed by atoms with Crippen LogP contribution in [-0.4, -0.2) is 34.0 Å². The van der Waals surface area contributed by atoms with Crippen LogP contribution in [0, 0.1) is 0 Å². The number of rotatable bonds is 3. The van der Waals surface area contributed by atoms with Crippen LogP contribution < -0.4 is 0 Å². The lowest BCUT2D eigenvalue weighted by atomic mass is 9.93. The van der Waals surface area contributed by atoms with Crippen LogP contribution in [0.25, 0.3) is 11.1 Å². The van der Waals surface area contributed by atoms with Crippen LogP contribution in [0.15, 0.2) is 42.6 Å². The van der Waals surface area contributed by atoms with E-state index in [0.717, 1.165) is 48.3 Å². The Labute approximate surface area is 136 Å². The van der Waals surface area contributed by atoms with Gasteiger partial charge >= 0.3 is 0 Å². The molecule has 23 heavy (non-hydrogen) atoms. The van der Waals surface area contributed by atoms with Crippen molar-refractivity contribution in [2.24, 2.45) is 0 Å². The number of carbonyl (C=O) groups is 1. The van der Waals surface area contributed by atoms with Gasteiger partial charge in [0.05, 0.1) is 6.61 Å². The summed E-state index contributed by atoms with van der Waals surface area (Å²) in [7, 11) is 0. The fourth-order valence-electron chi connectivity index (χ4n) is 3.17. The van der Waals surface area contributed by atoms with E-state index in [1.165, 1.54) is 0 Å². The maximum Gasteiger partial charge on any atom is 0.219 e. The number of benzene rings is 1. The molecule has 1 aromatic heterocycles. The molecule has 1 unspecified atom stereocenters. The molecule has 2 heterocycles. The zero-order valence-electron chi connectivity index (χ0n) is 13.4. The average Bonchev–Trinajstić information content (AvgIpc) is 2.62. The van der Waals surface area contributed by atoms with Gasteiger partial charge in [0.2, 0.25) is 5.91 Å². The number of aliphatic hydroxyl groups excluding tert-OH is 1. The lowest BCUT2D eigenvalue weighted by Crippen LogP contribution is -2.37. The number of carbonyl (C=O) groups excluding carboxylic acids is 1. The molecular weight excluding hydrogens is 288 g/mol. The van der Waals surface area contributed by atoms with Crippen LogP contribution in [0.2, 0.25) is 0 Å². The van der Waals surface area contributed by atoms with Crippen LogP contribution in [0.4, 0.5) is 0 Å². The highest BCUT2D eigenvalue weighted by Crippen LogP contribution is 2.27. The Bertz CT molecular complexity index is 682. The molecule has 0 bridgehead atoms. The standard InChI is InChI=1S/C19H22N2O2/c1-14(23)21-9-3-6-18(12-21)19-8-7-17(11-20-19)16-5-2-4-15(10-16)13-22/h2,4-5,7-8,10-11,18,22H,3,6,9,12-13H2,1H3. The van der Waals surface area contributed by atoms with E-state index in [9.17, 15) is 9.90 Å². The van der Waals surface area contributed by atoms with Crippen LogP contribution in [0.1, 0.15) is 36.9 Å². The molecule has 4 heteroatoms. The summed E-state index contributed by atoms with van der Waals surface area (Å²) in [5, 5.41) is 9.25. The van der Waals surface area contributed by atoms with Gasteiger partial charge in [-0.2, -0.15) is 0 Å². The van der Waals surface area contributed by atoms with Crippen LogP contribution >= 0.6 is 0 Å². The Morgan fingerprint density at radius 3 is 2.87 bits per heavy atom. The van der Waals surface area contributed by atoms with Gasteiger partial charge < -0.3 is 10.0 Å². The largest absolute Gasteiger partial charge is 0.392 e. The molecule has 0 aliphatic carbocycles. The van der Waals surface area contributed by atoms with E-state index in [0.29, 0.717) is 5.92 Å². The van der Waals surface area contributed by atoms with Crippen molar-refractivity contribution in [1.29, 1.82) is 0 Å². The molecule has 0 spiro atoms. The van der Waals surface area contributed by atoms with E-state index in [1.54, 1.807) is 6.92 Å². The molecule has 1 N–H and O–H groups in total. The normalized spacial score (nSPS) is 18.0. The number of aliphatic hydroxyl groups is 1. The van der Waals surface area contributed by atoms with E-state index >= 15 is 0 Å².